The van der Waals surface area contributed by atoms with Crippen LogP contribution in [0.25, 0.3) is 0 Å². The molecule has 0 unspecified atom stereocenters. The van der Waals surface area contributed by atoms with Gasteiger partial charge < -0.3 is 24.0 Å². The van der Waals surface area contributed by atoms with Crippen LogP contribution >= 0.6 is 11.8 Å². The van der Waals surface area contributed by atoms with Crippen molar-refractivity contribution in [3.8, 4) is 11.5 Å². The van der Waals surface area contributed by atoms with E-state index in [0.29, 0.717) is 22.8 Å². The normalized spacial score (nSPS) is 19.8. The van der Waals surface area contributed by atoms with E-state index in [4.69, 9.17) is 19.2 Å². The van der Waals surface area contributed by atoms with Crippen LogP contribution in [0.3, 0.4) is 0 Å². The molecule has 34 heavy (non-hydrogen) atoms. The number of ether oxygens (including phenoxy) is 3. The molecule has 1 aromatic carbocycles. The topological polar surface area (TPSA) is 80.7 Å². The van der Waals surface area contributed by atoms with Gasteiger partial charge in [0, 0.05) is 24.4 Å². The fraction of sp³-hybridized carbons (Fsp3) is 0.480. The van der Waals surface area contributed by atoms with Gasteiger partial charge in [-0.05, 0) is 45.1 Å². The fourth-order valence-corrected chi connectivity index (χ4v) is 5.53. The van der Waals surface area contributed by atoms with Crippen LogP contribution in [0, 0.1) is 0 Å². The Hall–Kier alpha value is -2.94. The lowest BCUT2D eigenvalue weighted by Gasteiger charge is -2.37. The molecule has 3 aliphatic rings. The quantitative estimate of drug-likeness (QED) is 0.534. The summed E-state index contributed by atoms with van der Waals surface area (Å²) in [7, 11) is 3.16. The van der Waals surface area contributed by atoms with Gasteiger partial charge in [0.2, 0.25) is 5.91 Å². The SMILES string of the molecule is COc1cccc([C@@H]2C(C(=O)OC(C)C)=C(C)N=C3SC=C(CC(=O)N4CCCC4)N32)c1OC. The third-order valence-corrected chi connectivity index (χ3v) is 6.97. The predicted octanol–water partition coefficient (Wildman–Crippen LogP) is 4.24. The highest BCUT2D eigenvalue weighted by Crippen LogP contribution is 2.48. The smallest absolute Gasteiger partial charge is 0.338 e. The molecular formula is C25H31N3O5S. The first-order chi connectivity index (χ1) is 16.3. The molecule has 0 aliphatic carbocycles. The van der Waals surface area contributed by atoms with Crippen molar-refractivity contribution in [1.82, 2.24) is 9.80 Å². The van der Waals surface area contributed by atoms with E-state index in [2.05, 4.69) is 0 Å². The second-order valence-corrected chi connectivity index (χ2v) is 9.53. The molecule has 0 radical (unpaired) electrons. The molecule has 0 aromatic heterocycles. The summed E-state index contributed by atoms with van der Waals surface area (Å²) in [6, 6.07) is 5.02. The molecule has 0 N–H and O–H groups in total. The molecular weight excluding hydrogens is 454 g/mol. The molecule has 1 saturated heterocycles. The van der Waals surface area contributed by atoms with Crippen LogP contribution in [0.1, 0.15) is 51.6 Å². The van der Waals surface area contributed by atoms with E-state index in [1.165, 1.54) is 11.8 Å². The molecule has 8 nitrogen and oxygen atoms in total. The molecule has 3 heterocycles. The van der Waals surface area contributed by atoms with Crippen molar-refractivity contribution in [1.29, 1.82) is 0 Å². The molecule has 0 bridgehead atoms. The average Bonchev–Trinajstić information content (AvgIpc) is 3.47. The van der Waals surface area contributed by atoms with E-state index < -0.39 is 12.0 Å². The Bertz CT molecular complexity index is 1070. The Morgan fingerprint density at radius 2 is 1.91 bits per heavy atom. The number of esters is 1. The van der Waals surface area contributed by atoms with Gasteiger partial charge in [0.1, 0.15) is 0 Å². The van der Waals surface area contributed by atoms with E-state index in [1.54, 1.807) is 14.2 Å². The highest BCUT2D eigenvalue weighted by molar-refractivity contribution is 8.16. The van der Waals surface area contributed by atoms with Gasteiger partial charge in [-0.25, -0.2) is 9.79 Å². The zero-order chi connectivity index (χ0) is 24.4. The third-order valence-electron chi connectivity index (χ3n) is 6.08. The van der Waals surface area contributed by atoms with E-state index in [0.717, 1.165) is 42.4 Å². The summed E-state index contributed by atoms with van der Waals surface area (Å²) in [6.07, 6.45) is 2.02. The summed E-state index contributed by atoms with van der Waals surface area (Å²) in [5, 5.41) is 2.67. The van der Waals surface area contributed by atoms with Gasteiger partial charge in [0.15, 0.2) is 16.7 Å². The zero-order valence-electron chi connectivity index (χ0n) is 20.3. The second kappa shape index (κ2) is 10.1. The highest BCUT2D eigenvalue weighted by atomic mass is 32.2. The maximum atomic E-state index is 13.3. The first kappa shape index (κ1) is 24.2. The summed E-state index contributed by atoms with van der Waals surface area (Å²) in [4.78, 5) is 35.0. The minimum atomic E-state index is -0.573. The van der Waals surface area contributed by atoms with Crippen molar-refractivity contribution >= 4 is 28.8 Å². The molecule has 1 atom stereocenters. The number of nitrogens with zero attached hydrogens (tertiary/aromatic N) is 3. The summed E-state index contributed by atoms with van der Waals surface area (Å²) in [5.74, 6) is 0.733. The third kappa shape index (κ3) is 4.53. The maximum Gasteiger partial charge on any atom is 0.338 e. The molecule has 0 spiro atoms. The van der Waals surface area contributed by atoms with Gasteiger partial charge in [-0.1, -0.05) is 23.9 Å². The molecule has 9 heteroatoms. The van der Waals surface area contributed by atoms with Crippen LogP contribution in [-0.4, -0.2) is 60.3 Å². The van der Waals surface area contributed by atoms with Gasteiger partial charge in [-0.3, -0.25) is 4.79 Å². The number of carbonyl (C=O) groups excluding carboxylic acids is 2. The molecule has 1 amide bonds. The van der Waals surface area contributed by atoms with Gasteiger partial charge in [-0.2, -0.15) is 0 Å². The largest absolute Gasteiger partial charge is 0.493 e. The number of hydrogen-bond donors (Lipinski definition) is 0. The lowest BCUT2D eigenvalue weighted by molar-refractivity contribution is -0.143. The minimum Gasteiger partial charge on any atom is -0.493 e. The van der Waals surface area contributed by atoms with E-state index in [9.17, 15) is 9.59 Å². The maximum absolute atomic E-state index is 13.3. The second-order valence-electron chi connectivity index (χ2n) is 8.69. The van der Waals surface area contributed by atoms with Gasteiger partial charge in [0.05, 0.1) is 44.1 Å². The van der Waals surface area contributed by atoms with Crippen LogP contribution in [0.15, 0.2) is 45.6 Å². The Morgan fingerprint density at radius 1 is 1.18 bits per heavy atom. The predicted molar refractivity (Wildman–Crippen MR) is 132 cm³/mol. The fourth-order valence-electron chi connectivity index (χ4n) is 4.56. The van der Waals surface area contributed by atoms with Crippen molar-refractivity contribution < 1.29 is 23.8 Å². The van der Waals surface area contributed by atoms with E-state index in [-0.39, 0.29) is 18.4 Å². The Balaban J connectivity index is 1.80. The van der Waals surface area contributed by atoms with Crippen molar-refractivity contribution in [3.63, 3.8) is 0 Å². The number of methoxy groups -OCH3 is 2. The van der Waals surface area contributed by atoms with Gasteiger partial charge >= 0.3 is 5.97 Å². The first-order valence-corrected chi connectivity index (χ1v) is 12.4. The number of amidine groups is 1. The summed E-state index contributed by atoms with van der Waals surface area (Å²) < 4.78 is 16.9. The van der Waals surface area contributed by atoms with Crippen LogP contribution in [-0.2, 0) is 14.3 Å². The number of thioether (sulfide) groups is 1. The van der Waals surface area contributed by atoms with Gasteiger partial charge in [0.25, 0.3) is 0 Å². The van der Waals surface area contributed by atoms with E-state index in [1.807, 2.05) is 54.2 Å². The average molecular weight is 486 g/mol. The molecule has 1 fully saturated rings. The summed E-state index contributed by atoms with van der Waals surface area (Å²) in [5.41, 5.74) is 2.55. The van der Waals surface area contributed by atoms with Crippen LogP contribution < -0.4 is 9.47 Å². The molecule has 1 aromatic rings. The number of hydrogen-bond acceptors (Lipinski definition) is 8. The molecule has 4 rings (SSSR count). The highest BCUT2D eigenvalue weighted by Gasteiger charge is 2.43. The standard InChI is InChI=1S/C25H31N3O5S/c1-15(2)33-24(30)21-16(3)26-25-28(17(14-34-25)13-20(29)27-11-6-7-12-27)22(21)18-9-8-10-19(31-4)23(18)32-5/h8-10,14-15,22H,6-7,11-13H2,1-5H3/t22-/m1/s1. The Labute approximate surface area is 204 Å². The number of allylic oxidation sites excluding steroid dienone is 1. The van der Waals surface area contributed by atoms with Crippen LogP contribution in [0.4, 0.5) is 0 Å². The summed E-state index contributed by atoms with van der Waals surface area (Å²) >= 11 is 1.46. The first-order valence-electron chi connectivity index (χ1n) is 11.5. The number of likely N-dealkylation sites (tertiary alicyclic amines) is 1. The van der Waals surface area contributed by atoms with Crippen molar-refractivity contribution in [3.05, 3.63) is 46.1 Å². The van der Waals surface area contributed by atoms with E-state index >= 15 is 0 Å². The Morgan fingerprint density at radius 3 is 2.56 bits per heavy atom. The van der Waals surface area contributed by atoms with Crippen LogP contribution in [0.2, 0.25) is 0 Å². The molecule has 3 aliphatic heterocycles. The monoisotopic (exact) mass is 485 g/mol. The summed E-state index contributed by atoms with van der Waals surface area (Å²) in [6.45, 7) is 7.03. The van der Waals surface area contributed by atoms with Crippen molar-refractivity contribution in [2.45, 2.75) is 52.2 Å². The number of carbonyl (C=O) groups is 2. The number of amides is 1. The number of aliphatic imine (C=N–C) groups is 1. The lowest BCUT2D eigenvalue weighted by atomic mass is 9.92. The minimum absolute atomic E-state index is 0.0829. The lowest BCUT2D eigenvalue weighted by Crippen LogP contribution is -2.39. The zero-order valence-corrected chi connectivity index (χ0v) is 21.1. The van der Waals surface area contributed by atoms with Crippen LogP contribution in [0.5, 0.6) is 11.5 Å². The number of fused-ring (bicyclic) bond motifs is 1. The van der Waals surface area contributed by atoms with Crippen molar-refractivity contribution in [2.24, 2.45) is 4.99 Å². The number of rotatable bonds is 7. The Kier molecular flexibility index (Phi) is 7.21. The molecule has 0 saturated carbocycles. The number of para-hydroxylation sites is 1. The molecule has 182 valence electrons. The van der Waals surface area contributed by atoms with Gasteiger partial charge in [-0.15, -0.1) is 0 Å². The number of benzene rings is 1. The van der Waals surface area contributed by atoms with Crippen molar-refractivity contribution in [2.75, 3.05) is 27.3 Å².